The summed E-state index contributed by atoms with van der Waals surface area (Å²) in [5.74, 6) is 0. The Morgan fingerprint density at radius 3 is 2.29 bits per heavy atom. The van der Waals surface area contributed by atoms with Crippen LogP contribution in [0, 0.1) is 6.92 Å². The Hall–Kier alpha value is -0.580. The Bertz CT molecular complexity index is 413. The second kappa shape index (κ2) is 5.38. The smallest absolute Gasteiger partial charge is 0.247 e. The largest absolute Gasteiger partial charge is 0.434 e. The monoisotopic (exact) mass is 309 g/mol. The average molecular weight is 310 g/mol. The normalized spacial score (nSPS) is 14.1. The van der Waals surface area contributed by atoms with Crippen LogP contribution in [-0.2, 0) is 19.0 Å². The molecule has 0 saturated carbocycles. The standard InChI is InChI=1S/C10H9BrF3N.C2H6/c1-5-6-3-2-4-7(6)15-9(8(5)11)10(12,13)14;1-2/h2-4H2,1H3;1-2H3. The lowest BCUT2D eigenvalue weighted by atomic mass is 10.1. The molecule has 1 aliphatic carbocycles. The molecule has 0 N–H and O–H groups in total. The third kappa shape index (κ3) is 2.81. The highest BCUT2D eigenvalue weighted by Gasteiger charge is 2.37. The van der Waals surface area contributed by atoms with Crippen LogP contribution in [0.1, 0.15) is 42.8 Å². The van der Waals surface area contributed by atoms with Crippen molar-refractivity contribution >= 4 is 15.9 Å². The molecule has 0 saturated heterocycles. The van der Waals surface area contributed by atoms with Crippen LogP contribution in [0.3, 0.4) is 0 Å². The summed E-state index contributed by atoms with van der Waals surface area (Å²) in [6.45, 7) is 5.71. The van der Waals surface area contributed by atoms with Gasteiger partial charge in [0.1, 0.15) is 0 Å². The lowest BCUT2D eigenvalue weighted by Gasteiger charge is -2.13. The summed E-state index contributed by atoms with van der Waals surface area (Å²) in [5.41, 5.74) is 1.49. The SMILES string of the molecule is CC.Cc1c(Br)c(C(F)(F)F)nc2c1CCC2. The fourth-order valence-corrected chi connectivity index (χ4v) is 2.49. The number of hydrogen-bond acceptors (Lipinski definition) is 1. The van der Waals surface area contributed by atoms with Gasteiger partial charge in [-0.2, -0.15) is 13.2 Å². The number of rotatable bonds is 0. The van der Waals surface area contributed by atoms with Crippen LogP contribution in [-0.4, -0.2) is 4.98 Å². The Kier molecular flexibility index (Phi) is 4.58. The summed E-state index contributed by atoms with van der Waals surface area (Å²) >= 11 is 2.99. The summed E-state index contributed by atoms with van der Waals surface area (Å²) in [6.07, 6.45) is -1.98. The highest BCUT2D eigenvalue weighted by atomic mass is 79.9. The molecule has 0 aromatic carbocycles. The van der Waals surface area contributed by atoms with Crippen molar-refractivity contribution in [3.05, 3.63) is 27.0 Å². The molecule has 2 rings (SSSR count). The van der Waals surface area contributed by atoms with E-state index in [1.807, 2.05) is 13.8 Å². The summed E-state index contributed by atoms with van der Waals surface area (Å²) in [4.78, 5) is 3.71. The van der Waals surface area contributed by atoms with Crippen LogP contribution < -0.4 is 0 Å². The molecule has 0 atom stereocenters. The predicted octanol–water partition coefficient (Wildman–Crippen LogP) is 4.69. The zero-order valence-electron chi connectivity index (χ0n) is 10.1. The lowest BCUT2D eigenvalue weighted by molar-refractivity contribution is -0.142. The first-order chi connectivity index (χ1) is 7.91. The Labute approximate surface area is 108 Å². The van der Waals surface area contributed by atoms with Gasteiger partial charge in [-0.1, -0.05) is 13.8 Å². The molecule has 1 aliphatic rings. The van der Waals surface area contributed by atoms with E-state index in [4.69, 9.17) is 0 Å². The fraction of sp³-hybridized carbons (Fsp3) is 0.583. The first kappa shape index (κ1) is 14.5. The van der Waals surface area contributed by atoms with E-state index >= 15 is 0 Å². The maximum atomic E-state index is 12.6. The second-order valence-corrected chi connectivity index (χ2v) is 4.47. The first-order valence-electron chi connectivity index (χ1n) is 5.66. The summed E-state index contributed by atoms with van der Waals surface area (Å²) in [5, 5.41) is 0. The fourth-order valence-electron chi connectivity index (χ4n) is 1.94. The van der Waals surface area contributed by atoms with Crippen molar-refractivity contribution in [2.24, 2.45) is 0 Å². The molecule has 96 valence electrons. The molecule has 0 radical (unpaired) electrons. The molecule has 0 spiro atoms. The van der Waals surface area contributed by atoms with E-state index in [1.54, 1.807) is 6.92 Å². The zero-order chi connectivity index (χ0) is 13.2. The van der Waals surface area contributed by atoms with Gasteiger partial charge in [0.15, 0.2) is 5.69 Å². The van der Waals surface area contributed by atoms with Crippen LogP contribution in [0.5, 0.6) is 0 Å². The van der Waals surface area contributed by atoms with E-state index in [0.29, 0.717) is 17.7 Å². The number of aryl methyl sites for hydroxylation is 1. The lowest BCUT2D eigenvalue weighted by Crippen LogP contribution is -2.12. The van der Waals surface area contributed by atoms with Crippen molar-refractivity contribution in [2.45, 2.75) is 46.2 Å². The molecule has 1 aromatic heterocycles. The van der Waals surface area contributed by atoms with Crippen molar-refractivity contribution in [1.82, 2.24) is 4.98 Å². The zero-order valence-corrected chi connectivity index (χ0v) is 11.7. The highest BCUT2D eigenvalue weighted by Crippen LogP contribution is 2.38. The molecule has 0 aliphatic heterocycles. The van der Waals surface area contributed by atoms with E-state index < -0.39 is 11.9 Å². The minimum atomic E-state index is -4.37. The van der Waals surface area contributed by atoms with Crippen molar-refractivity contribution < 1.29 is 13.2 Å². The van der Waals surface area contributed by atoms with Gasteiger partial charge in [-0.05, 0) is 53.2 Å². The second-order valence-electron chi connectivity index (χ2n) is 3.68. The number of nitrogens with zero attached hydrogens (tertiary/aromatic N) is 1. The number of fused-ring (bicyclic) bond motifs is 1. The molecule has 1 aromatic rings. The van der Waals surface area contributed by atoms with Gasteiger partial charge in [0.2, 0.25) is 0 Å². The Morgan fingerprint density at radius 2 is 1.76 bits per heavy atom. The molecule has 0 bridgehead atoms. The number of aromatic nitrogens is 1. The molecule has 1 nitrogen and oxygen atoms in total. The maximum absolute atomic E-state index is 12.6. The van der Waals surface area contributed by atoms with Crippen molar-refractivity contribution in [3.63, 3.8) is 0 Å². The van der Waals surface area contributed by atoms with Gasteiger partial charge < -0.3 is 0 Å². The van der Waals surface area contributed by atoms with Crippen LogP contribution >= 0.6 is 15.9 Å². The van der Waals surface area contributed by atoms with E-state index in [1.165, 1.54) is 0 Å². The molecular weight excluding hydrogens is 295 g/mol. The number of halogens is 4. The van der Waals surface area contributed by atoms with Gasteiger partial charge in [-0.25, -0.2) is 4.98 Å². The first-order valence-corrected chi connectivity index (χ1v) is 6.45. The van der Waals surface area contributed by atoms with E-state index in [9.17, 15) is 13.2 Å². The van der Waals surface area contributed by atoms with E-state index in [0.717, 1.165) is 18.4 Å². The van der Waals surface area contributed by atoms with Crippen LogP contribution in [0.15, 0.2) is 4.47 Å². The molecular formula is C12H15BrF3N. The minimum Gasteiger partial charge on any atom is -0.247 e. The third-order valence-electron chi connectivity index (χ3n) is 2.69. The third-order valence-corrected chi connectivity index (χ3v) is 3.66. The van der Waals surface area contributed by atoms with Crippen LogP contribution in [0.25, 0.3) is 0 Å². The summed E-state index contributed by atoms with van der Waals surface area (Å²) < 4.78 is 37.9. The number of pyridine rings is 1. The molecule has 0 fully saturated rings. The van der Waals surface area contributed by atoms with Gasteiger partial charge in [0, 0.05) is 5.69 Å². The highest BCUT2D eigenvalue weighted by molar-refractivity contribution is 9.10. The number of hydrogen-bond donors (Lipinski definition) is 0. The van der Waals surface area contributed by atoms with E-state index in [-0.39, 0.29) is 4.47 Å². The van der Waals surface area contributed by atoms with E-state index in [2.05, 4.69) is 20.9 Å². The summed E-state index contributed by atoms with van der Waals surface area (Å²) in [6, 6.07) is 0. The van der Waals surface area contributed by atoms with Gasteiger partial charge >= 0.3 is 6.18 Å². The van der Waals surface area contributed by atoms with Gasteiger partial charge in [0.25, 0.3) is 0 Å². The predicted molar refractivity (Wildman–Crippen MR) is 65.0 cm³/mol. The van der Waals surface area contributed by atoms with Gasteiger partial charge in [0.05, 0.1) is 4.47 Å². The molecule has 0 amide bonds. The summed E-state index contributed by atoms with van der Waals surface area (Å²) in [7, 11) is 0. The molecule has 1 heterocycles. The van der Waals surface area contributed by atoms with Crippen molar-refractivity contribution in [3.8, 4) is 0 Å². The molecule has 0 unspecified atom stereocenters. The molecule has 17 heavy (non-hydrogen) atoms. The average Bonchev–Trinajstić information content (AvgIpc) is 2.73. The Balaban J connectivity index is 0.000000686. The topological polar surface area (TPSA) is 12.9 Å². The maximum Gasteiger partial charge on any atom is 0.434 e. The quantitative estimate of drug-likeness (QED) is 0.677. The van der Waals surface area contributed by atoms with Crippen LogP contribution in [0.4, 0.5) is 13.2 Å². The van der Waals surface area contributed by atoms with Crippen LogP contribution in [0.2, 0.25) is 0 Å². The number of alkyl halides is 3. The van der Waals surface area contributed by atoms with Gasteiger partial charge in [-0.3, -0.25) is 0 Å². The van der Waals surface area contributed by atoms with Crippen molar-refractivity contribution in [2.75, 3.05) is 0 Å². The Morgan fingerprint density at radius 1 is 1.18 bits per heavy atom. The van der Waals surface area contributed by atoms with Crippen molar-refractivity contribution in [1.29, 1.82) is 0 Å². The van der Waals surface area contributed by atoms with Gasteiger partial charge in [-0.15, -0.1) is 0 Å². The minimum absolute atomic E-state index is 0.0932. The molecule has 5 heteroatoms.